The van der Waals surface area contributed by atoms with Gasteiger partial charge >= 0.3 is 22.7 Å². The van der Waals surface area contributed by atoms with E-state index in [0.717, 1.165) is 0 Å². The van der Waals surface area contributed by atoms with Crippen molar-refractivity contribution < 1.29 is 39.3 Å². The van der Waals surface area contributed by atoms with Crippen LogP contribution < -0.4 is 0 Å². The van der Waals surface area contributed by atoms with Gasteiger partial charge in [-0.1, -0.05) is 0 Å². The van der Waals surface area contributed by atoms with Crippen LogP contribution in [0.3, 0.4) is 0 Å². The van der Waals surface area contributed by atoms with Gasteiger partial charge in [-0.2, -0.15) is 13.2 Å². The number of halogens is 3. The van der Waals surface area contributed by atoms with Gasteiger partial charge in [-0.25, -0.2) is 0 Å². The summed E-state index contributed by atoms with van der Waals surface area (Å²) in [6.07, 6.45) is -4.64. The molecular formula is C6H9F3NiO2+2. The van der Waals surface area contributed by atoms with Crippen LogP contribution in [0.15, 0.2) is 0 Å². The average molecular weight is 229 g/mol. The third kappa shape index (κ3) is 22.6. The molecule has 0 aromatic rings. The van der Waals surface area contributed by atoms with E-state index in [0.29, 0.717) is 6.92 Å². The van der Waals surface area contributed by atoms with Crippen LogP contribution in [0, 0.1) is 0 Å². The fourth-order valence-corrected chi connectivity index (χ4v) is 0. The number of hydrogen-bond acceptors (Lipinski definition) is 2. The molecule has 2 nitrogen and oxygen atoms in total. The van der Waals surface area contributed by atoms with Crippen molar-refractivity contribution in [1.29, 1.82) is 0 Å². The van der Waals surface area contributed by atoms with E-state index in [4.69, 9.17) is 0 Å². The molecule has 0 saturated carbocycles. The first-order chi connectivity index (χ1) is 4.68. The Morgan fingerprint density at radius 1 is 1.00 bits per heavy atom. The second-order valence-electron chi connectivity index (χ2n) is 1.96. The summed E-state index contributed by atoms with van der Waals surface area (Å²) in [6, 6.07) is 0. The summed E-state index contributed by atoms with van der Waals surface area (Å²) in [6.45, 7) is 3.54. The van der Waals surface area contributed by atoms with Crippen molar-refractivity contribution in [1.82, 2.24) is 0 Å². The molecule has 0 radical (unpaired) electrons. The van der Waals surface area contributed by atoms with Crippen molar-refractivity contribution in [3.8, 4) is 0 Å². The van der Waals surface area contributed by atoms with E-state index in [1.807, 2.05) is 0 Å². The SMILES string of the molecule is CC(=O)C(F)(F)F.CC(C)=O.[Ni+2]. The number of carbonyl (C=O) groups excluding carboxylic acids is 2. The van der Waals surface area contributed by atoms with Crippen molar-refractivity contribution in [3.05, 3.63) is 0 Å². The predicted molar refractivity (Wildman–Crippen MR) is 33.1 cm³/mol. The van der Waals surface area contributed by atoms with Gasteiger partial charge in [-0.05, 0) is 13.8 Å². The monoisotopic (exact) mass is 228 g/mol. The molecule has 0 heterocycles. The quantitative estimate of drug-likeness (QED) is 0.592. The largest absolute Gasteiger partial charge is 2.00 e. The average Bonchev–Trinajstić information content (AvgIpc) is 1.59. The minimum Gasteiger partial charge on any atom is -0.300 e. The Kier molecular flexibility index (Phi) is 10.7. The van der Waals surface area contributed by atoms with Crippen LogP contribution in [0.2, 0.25) is 0 Å². The van der Waals surface area contributed by atoms with Crippen LogP contribution in [-0.2, 0) is 26.1 Å². The molecule has 0 spiro atoms. The van der Waals surface area contributed by atoms with Crippen LogP contribution in [0.5, 0.6) is 0 Å². The maximum atomic E-state index is 10.8. The van der Waals surface area contributed by atoms with Gasteiger partial charge in [-0.15, -0.1) is 0 Å². The zero-order valence-electron chi connectivity index (χ0n) is 6.77. The molecule has 0 N–H and O–H groups in total. The van der Waals surface area contributed by atoms with E-state index in [-0.39, 0.29) is 22.3 Å². The molecule has 0 aromatic carbocycles. The molecular weight excluding hydrogens is 220 g/mol. The Bertz CT molecular complexity index is 149. The van der Waals surface area contributed by atoms with E-state index in [1.54, 1.807) is 0 Å². The van der Waals surface area contributed by atoms with Gasteiger partial charge in [0.05, 0.1) is 0 Å². The van der Waals surface area contributed by atoms with Crippen molar-refractivity contribution in [3.63, 3.8) is 0 Å². The maximum Gasteiger partial charge on any atom is 2.00 e. The molecule has 6 heteroatoms. The summed E-state index contributed by atoms with van der Waals surface area (Å²) in [5.74, 6) is -1.59. The Hall–Kier alpha value is -0.376. The van der Waals surface area contributed by atoms with Crippen molar-refractivity contribution >= 4 is 11.6 Å². The molecule has 0 bridgehead atoms. The van der Waals surface area contributed by atoms with Crippen molar-refractivity contribution in [2.24, 2.45) is 0 Å². The molecule has 0 atom stereocenters. The van der Waals surface area contributed by atoms with Crippen LogP contribution in [0.4, 0.5) is 13.2 Å². The van der Waals surface area contributed by atoms with Crippen LogP contribution >= 0.6 is 0 Å². The minimum absolute atomic E-state index is 0. The summed E-state index contributed by atoms with van der Waals surface area (Å²) < 4.78 is 32.5. The van der Waals surface area contributed by atoms with Gasteiger partial charge in [-0.3, -0.25) is 4.79 Å². The maximum absolute atomic E-state index is 10.8. The van der Waals surface area contributed by atoms with Crippen LogP contribution in [-0.4, -0.2) is 17.7 Å². The molecule has 0 aromatic heterocycles. The molecule has 0 saturated heterocycles. The first-order valence-corrected chi connectivity index (χ1v) is 2.73. The first kappa shape index (κ1) is 17.6. The van der Waals surface area contributed by atoms with Crippen molar-refractivity contribution in [2.45, 2.75) is 26.9 Å². The standard InChI is InChI=1S/C3H3F3O.C3H6O.Ni/c1-2(7)3(4,5)6;1-3(2)4;/h1H3;1-2H3;/q;;+2. The number of alkyl halides is 3. The Morgan fingerprint density at radius 2 is 1.08 bits per heavy atom. The van der Waals surface area contributed by atoms with Gasteiger partial charge < -0.3 is 4.79 Å². The first-order valence-electron chi connectivity index (χ1n) is 2.73. The summed E-state index contributed by atoms with van der Waals surface area (Å²) in [5, 5.41) is 0. The number of Topliss-reactive ketones (excluding diaryl/α,β-unsaturated/α-hetero) is 2. The second-order valence-corrected chi connectivity index (χ2v) is 1.96. The topological polar surface area (TPSA) is 34.1 Å². The number of rotatable bonds is 0. The summed E-state index contributed by atoms with van der Waals surface area (Å²) in [4.78, 5) is 18.8. The third-order valence-corrected chi connectivity index (χ3v) is 0.399. The molecule has 12 heavy (non-hydrogen) atoms. The van der Waals surface area contributed by atoms with E-state index >= 15 is 0 Å². The van der Waals surface area contributed by atoms with E-state index in [9.17, 15) is 22.8 Å². The second kappa shape index (κ2) is 7.28. The Labute approximate surface area is 78.4 Å². The summed E-state index contributed by atoms with van der Waals surface area (Å²) in [7, 11) is 0. The smallest absolute Gasteiger partial charge is 0.300 e. The number of carbonyl (C=O) groups is 2. The Balaban J connectivity index is -0.000000142. The van der Waals surface area contributed by atoms with Gasteiger partial charge in [0.2, 0.25) is 5.78 Å². The molecule has 0 rings (SSSR count). The molecule has 0 fully saturated rings. The van der Waals surface area contributed by atoms with Gasteiger partial charge in [0.15, 0.2) is 0 Å². The molecule has 0 aliphatic heterocycles. The fourth-order valence-electron chi connectivity index (χ4n) is 0. The number of ketones is 2. The zero-order valence-corrected chi connectivity index (χ0v) is 7.75. The zero-order chi connectivity index (χ0) is 9.65. The molecule has 0 aliphatic rings. The van der Waals surface area contributed by atoms with E-state index < -0.39 is 12.0 Å². The molecule has 0 unspecified atom stereocenters. The van der Waals surface area contributed by atoms with Crippen LogP contribution in [0.1, 0.15) is 20.8 Å². The summed E-state index contributed by atoms with van der Waals surface area (Å²) >= 11 is 0. The van der Waals surface area contributed by atoms with Gasteiger partial charge in [0.1, 0.15) is 5.78 Å². The normalized spacial score (nSPS) is 8.83. The summed E-state index contributed by atoms with van der Waals surface area (Å²) in [5.41, 5.74) is 0. The van der Waals surface area contributed by atoms with E-state index in [2.05, 4.69) is 0 Å². The molecule has 0 aliphatic carbocycles. The van der Waals surface area contributed by atoms with Crippen LogP contribution in [0.25, 0.3) is 0 Å². The third-order valence-electron chi connectivity index (χ3n) is 0.399. The number of hydrogen-bond donors (Lipinski definition) is 0. The van der Waals surface area contributed by atoms with Crippen molar-refractivity contribution in [2.75, 3.05) is 0 Å². The Morgan fingerprint density at radius 3 is 1.08 bits per heavy atom. The molecule has 74 valence electrons. The minimum atomic E-state index is -4.64. The molecule has 0 amide bonds. The fraction of sp³-hybridized carbons (Fsp3) is 0.667. The van der Waals surface area contributed by atoms with E-state index in [1.165, 1.54) is 13.8 Å². The predicted octanol–water partition coefficient (Wildman–Crippen LogP) is 1.73. The van der Waals surface area contributed by atoms with Gasteiger partial charge in [0, 0.05) is 6.92 Å². The van der Waals surface area contributed by atoms with Gasteiger partial charge in [0.25, 0.3) is 0 Å².